The van der Waals surface area contributed by atoms with Gasteiger partial charge < -0.3 is 10.2 Å². The monoisotopic (exact) mass is 461 g/mol. The second-order valence-corrected chi connectivity index (χ2v) is 10.6. The first-order chi connectivity index (χ1) is 13.9. The van der Waals surface area contributed by atoms with Crippen molar-refractivity contribution in [1.29, 1.82) is 0 Å². The third kappa shape index (κ3) is 6.31. The molecule has 1 amide bonds. The van der Waals surface area contributed by atoms with Crippen LogP contribution >= 0.6 is 23.2 Å². The first kappa shape index (κ1) is 22.8. The van der Waals surface area contributed by atoms with Gasteiger partial charge in [-0.3, -0.25) is 4.79 Å². The van der Waals surface area contributed by atoms with Crippen LogP contribution in [0.5, 0.6) is 0 Å². The molecule has 2 aliphatic rings. The minimum Gasteiger partial charge on any atom is -0.356 e. The molecule has 1 aromatic carbocycles. The van der Waals surface area contributed by atoms with Crippen LogP contribution in [0.3, 0.4) is 0 Å². The van der Waals surface area contributed by atoms with Gasteiger partial charge >= 0.3 is 0 Å². The molecule has 1 N–H and O–H groups in total. The zero-order valence-electron chi connectivity index (χ0n) is 16.6. The van der Waals surface area contributed by atoms with E-state index in [0.29, 0.717) is 48.1 Å². The summed E-state index contributed by atoms with van der Waals surface area (Å²) in [6.07, 6.45) is 4.57. The van der Waals surface area contributed by atoms with Gasteiger partial charge in [0.25, 0.3) is 0 Å². The van der Waals surface area contributed by atoms with E-state index >= 15 is 0 Å². The van der Waals surface area contributed by atoms with Crippen molar-refractivity contribution in [3.63, 3.8) is 0 Å². The minimum atomic E-state index is -3.53. The second-order valence-electron chi connectivity index (χ2n) is 7.82. The largest absolute Gasteiger partial charge is 0.356 e. The summed E-state index contributed by atoms with van der Waals surface area (Å²) >= 11 is 12.2. The predicted molar refractivity (Wildman–Crippen MR) is 117 cm³/mol. The van der Waals surface area contributed by atoms with Crippen LogP contribution < -0.4 is 5.32 Å². The van der Waals surface area contributed by atoms with Gasteiger partial charge in [-0.05, 0) is 63.9 Å². The molecule has 2 heterocycles. The summed E-state index contributed by atoms with van der Waals surface area (Å²) in [5.74, 6) is -0.312. The maximum atomic E-state index is 12.8. The summed E-state index contributed by atoms with van der Waals surface area (Å²) in [6, 6.07) is 4.97. The third-order valence-electron chi connectivity index (χ3n) is 5.76. The fraction of sp³-hybridized carbons (Fsp3) is 0.650. The lowest BCUT2D eigenvalue weighted by molar-refractivity contribution is -0.126. The van der Waals surface area contributed by atoms with Crippen molar-refractivity contribution in [3.05, 3.63) is 33.8 Å². The van der Waals surface area contributed by atoms with E-state index in [9.17, 15) is 13.2 Å². The van der Waals surface area contributed by atoms with E-state index in [4.69, 9.17) is 23.2 Å². The lowest BCUT2D eigenvalue weighted by Gasteiger charge is -2.30. The van der Waals surface area contributed by atoms with Gasteiger partial charge in [0.15, 0.2) is 0 Å². The molecule has 0 aromatic heterocycles. The van der Waals surface area contributed by atoms with Gasteiger partial charge in [0.05, 0.1) is 5.75 Å². The molecule has 29 heavy (non-hydrogen) atoms. The number of rotatable bonds is 8. The predicted octanol–water partition coefficient (Wildman–Crippen LogP) is 3.14. The number of carbonyl (C=O) groups is 1. The molecular formula is C20H29Cl2N3O3S. The van der Waals surface area contributed by atoms with Crippen molar-refractivity contribution in [3.8, 4) is 0 Å². The number of amides is 1. The molecular weight excluding hydrogens is 433 g/mol. The number of nitrogens with one attached hydrogen (secondary N) is 1. The normalized spacial score (nSPS) is 19.5. The maximum absolute atomic E-state index is 12.8. The molecule has 0 atom stereocenters. The zero-order valence-corrected chi connectivity index (χ0v) is 18.9. The molecule has 0 bridgehead atoms. The van der Waals surface area contributed by atoms with E-state index in [-0.39, 0.29) is 17.6 Å². The molecule has 0 radical (unpaired) electrons. The Morgan fingerprint density at radius 1 is 1.07 bits per heavy atom. The Balaban J connectivity index is 1.43. The highest BCUT2D eigenvalue weighted by Gasteiger charge is 2.31. The van der Waals surface area contributed by atoms with Crippen LogP contribution in [0.25, 0.3) is 0 Å². The summed E-state index contributed by atoms with van der Waals surface area (Å²) in [5, 5.41) is 3.72. The topological polar surface area (TPSA) is 69.7 Å². The standard InChI is InChI=1S/C20H29Cl2N3O3S/c21-18-5-3-6-19(22)17(18)15-29(27,28)25-13-7-16(8-14-25)20(26)23-9-4-12-24-10-1-2-11-24/h3,5-6,16H,1-2,4,7-15H2,(H,23,26). The Kier molecular flexibility index (Phi) is 8.22. The van der Waals surface area contributed by atoms with E-state index in [2.05, 4.69) is 10.2 Å². The number of piperidine rings is 1. The average Bonchev–Trinajstić information content (AvgIpc) is 3.22. The van der Waals surface area contributed by atoms with Crippen LogP contribution in [0.15, 0.2) is 18.2 Å². The van der Waals surface area contributed by atoms with Crippen LogP contribution in [0.4, 0.5) is 0 Å². The van der Waals surface area contributed by atoms with E-state index in [0.717, 1.165) is 13.0 Å². The van der Waals surface area contributed by atoms with Crippen LogP contribution in [-0.4, -0.2) is 62.8 Å². The molecule has 2 saturated heterocycles. The van der Waals surface area contributed by atoms with Crippen molar-refractivity contribution < 1.29 is 13.2 Å². The van der Waals surface area contributed by atoms with Crippen molar-refractivity contribution in [2.24, 2.45) is 5.92 Å². The summed E-state index contributed by atoms with van der Waals surface area (Å²) in [6.45, 7) is 4.73. The number of benzene rings is 1. The lowest BCUT2D eigenvalue weighted by atomic mass is 9.97. The first-order valence-corrected chi connectivity index (χ1v) is 12.6. The highest BCUT2D eigenvalue weighted by Crippen LogP contribution is 2.29. The fourth-order valence-corrected chi connectivity index (χ4v) is 6.32. The molecule has 0 saturated carbocycles. The minimum absolute atomic E-state index is 0.0395. The number of sulfonamides is 1. The van der Waals surface area contributed by atoms with Crippen molar-refractivity contribution in [2.45, 2.75) is 37.9 Å². The summed E-state index contributed by atoms with van der Waals surface area (Å²) < 4.78 is 27.0. The fourth-order valence-electron chi connectivity index (χ4n) is 4.00. The van der Waals surface area contributed by atoms with E-state index in [1.807, 2.05) is 0 Å². The molecule has 162 valence electrons. The summed E-state index contributed by atoms with van der Waals surface area (Å²) in [7, 11) is -3.53. The maximum Gasteiger partial charge on any atom is 0.223 e. The van der Waals surface area contributed by atoms with E-state index < -0.39 is 10.0 Å². The van der Waals surface area contributed by atoms with Crippen LogP contribution in [0, 0.1) is 5.92 Å². The van der Waals surface area contributed by atoms with Crippen molar-refractivity contribution in [1.82, 2.24) is 14.5 Å². The van der Waals surface area contributed by atoms with Gasteiger partial charge in [-0.2, -0.15) is 0 Å². The smallest absolute Gasteiger partial charge is 0.223 e. The number of likely N-dealkylation sites (tertiary alicyclic amines) is 1. The number of halogens is 2. The molecule has 0 aliphatic carbocycles. The lowest BCUT2D eigenvalue weighted by Crippen LogP contribution is -2.43. The van der Waals surface area contributed by atoms with Crippen LogP contribution in [0.1, 0.15) is 37.7 Å². The third-order valence-corrected chi connectivity index (χ3v) is 8.27. The molecule has 0 spiro atoms. The second kappa shape index (κ2) is 10.4. The molecule has 0 unspecified atom stereocenters. The van der Waals surface area contributed by atoms with Crippen LogP contribution in [-0.2, 0) is 20.6 Å². The number of hydrogen-bond donors (Lipinski definition) is 1. The number of hydrogen-bond acceptors (Lipinski definition) is 4. The molecule has 1 aromatic rings. The number of carbonyl (C=O) groups excluding carboxylic acids is 1. The highest BCUT2D eigenvalue weighted by molar-refractivity contribution is 7.88. The van der Waals surface area contributed by atoms with Crippen LogP contribution in [0.2, 0.25) is 10.0 Å². The molecule has 9 heteroatoms. The van der Waals surface area contributed by atoms with Gasteiger partial charge in [-0.1, -0.05) is 29.3 Å². The van der Waals surface area contributed by atoms with Crippen molar-refractivity contribution >= 4 is 39.1 Å². The highest BCUT2D eigenvalue weighted by atomic mass is 35.5. The van der Waals surface area contributed by atoms with Gasteiger partial charge in [-0.15, -0.1) is 0 Å². The zero-order chi connectivity index (χ0) is 20.9. The Morgan fingerprint density at radius 2 is 1.69 bits per heavy atom. The quantitative estimate of drug-likeness (QED) is 0.603. The number of nitrogens with zero attached hydrogens (tertiary/aromatic N) is 2. The van der Waals surface area contributed by atoms with E-state index in [1.165, 1.54) is 30.2 Å². The van der Waals surface area contributed by atoms with Gasteiger partial charge in [0.1, 0.15) is 0 Å². The first-order valence-electron chi connectivity index (χ1n) is 10.3. The Labute approximate surface area is 183 Å². The van der Waals surface area contributed by atoms with E-state index in [1.54, 1.807) is 18.2 Å². The molecule has 2 aliphatic heterocycles. The molecule has 6 nitrogen and oxygen atoms in total. The average molecular weight is 462 g/mol. The summed E-state index contributed by atoms with van der Waals surface area (Å²) in [5.41, 5.74) is 0.425. The Bertz CT molecular complexity index is 785. The van der Waals surface area contributed by atoms with Crippen molar-refractivity contribution in [2.75, 3.05) is 39.3 Å². The summed E-state index contributed by atoms with van der Waals surface area (Å²) in [4.78, 5) is 14.8. The molecule has 3 rings (SSSR count). The molecule has 2 fully saturated rings. The van der Waals surface area contributed by atoms with Gasteiger partial charge in [0, 0.05) is 41.2 Å². The van der Waals surface area contributed by atoms with Gasteiger partial charge in [-0.25, -0.2) is 12.7 Å². The Morgan fingerprint density at radius 3 is 2.31 bits per heavy atom. The van der Waals surface area contributed by atoms with Gasteiger partial charge in [0.2, 0.25) is 15.9 Å². The Hall–Kier alpha value is -0.860. The SMILES string of the molecule is O=C(NCCCN1CCCC1)C1CCN(S(=O)(=O)Cc2c(Cl)cccc2Cl)CC1.